The van der Waals surface area contributed by atoms with Crippen LogP contribution in [0.3, 0.4) is 0 Å². The molecule has 2 rings (SSSR count). The van der Waals surface area contributed by atoms with Gasteiger partial charge in [0.05, 0.1) is 13.2 Å². The van der Waals surface area contributed by atoms with E-state index >= 15 is 0 Å². The molecule has 0 radical (unpaired) electrons. The smallest absolute Gasteiger partial charge is 0.238 e. The monoisotopic (exact) mass is 307 g/mol. The Morgan fingerprint density at radius 1 is 1.43 bits per heavy atom. The summed E-state index contributed by atoms with van der Waals surface area (Å²) in [6.07, 6.45) is 2.33. The van der Waals surface area contributed by atoms with Crippen LogP contribution in [0.4, 0.5) is 5.69 Å². The van der Waals surface area contributed by atoms with E-state index in [9.17, 15) is 4.79 Å². The fourth-order valence-electron chi connectivity index (χ4n) is 2.14. The van der Waals surface area contributed by atoms with E-state index in [2.05, 4.69) is 10.2 Å². The quantitative estimate of drug-likeness (QED) is 0.710. The van der Waals surface area contributed by atoms with Crippen LogP contribution in [-0.4, -0.2) is 48.6 Å². The van der Waals surface area contributed by atoms with Crippen LogP contribution in [-0.2, 0) is 9.53 Å². The molecule has 1 fully saturated rings. The highest BCUT2D eigenvalue weighted by molar-refractivity contribution is 7.80. The van der Waals surface area contributed by atoms with Crippen LogP contribution in [0.2, 0.25) is 0 Å². The van der Waals surface area contributed by atoms with Gasteiger partial charge in [-0.25, -0.2) is 0 Å². The van der Waals surface area contributed by atoms with Gasteiger partial charge in [0, 0.05) is 30.9 Å². The number of methoxy groups -OCH3 is 1. The lowest BCUT2D eigenvalue weighted by Gasteiger charge is -2.20. The first-order valence-corrected chi connectivity index (χ1v) is 7.43. The third-order valence-corrected chi connectivity index (χ3v) is 3.68. The molecule has 21 heavy (non-hydrogen) atoms. The molecule has 0 aromatic heterocycles. The molecule has 1 saturated carbocycles. The lowest BCUT2D eigenvalue weighted by atomic mass is 10.2. The summed E-state index contributed by atoms with van der Waals surface area (Å²) in [5.74, 6) is -0.0129. The lowest BCUT2D eigenvalue weighted by Crippen LogP contribution is -2.37. The average molecular weight is 307 g/mol. The number of rotatable bonds is 8. The SMILES string of the molecule is COCCN(CC(=O)Nc1ccc(C(N)=S)cc1)C1CC1. The average Bonchev–Trinajstić information content (AvgIpc) is 3.28. The van der Waals surface area contributed by atoms with E-state index in [1.54, 1.807) is 7.11 Å². The highest BCUT2D eigenvalue weighted by Crippen LogP contribution is 2.26. The summed E-state index contributed by atoms with van der Waals surface area (Å²) in [6, 6.07) is 7.76. The summed E-state index contributed by atoms with van der Waals surface area (Å²) in [6.45, 7) is 1.83. The Balaban J connectivity index is 1.86. The molecule has 0 unspecified atom stereocenters. The van der Waals surface area contributed by atoms with Crippen molar-refractivity contribution in [1.29, 1.82) is 0 Å². The number of nitrogens with one attached hydrogen (secondary N) is 1. The van der Waals surface area contributed by atoms with E-state index < -0.39 is 0 Å². The molecule has 5 nitrogen and oxygen atoms in total. The van der Waals surface area contributed by atoms with Crippen LogP contribution >= 0.6 is 12.2 Å². The molecular formula is C15H21N3O2S. The molecule has 0 heterocycles. The molecule has 0 aliphatic heterocycles. The van der Waals surface area contributed by atoms with Crippen molar-refractivity contribution < 1.29 is 9.53 Å². The number of amides is 1. The maximum Gasteiger partial charge on any atom is 0.238 e. The Bertz CT molecular complexity index is 500. The summed E-state index contributed by atoms with van der Waals surface area (Å²) in [5.41, 5.74) is 7.09. The third kappa shape index (κ3) is 5.08. The van der Waals surface area contributed by atoms with Crippen molar-refractivity contribution in [3.8, 4) is 0 Å². The van der Waals surface area contributed by atoms with E-state index in [0.29, 0.717) is 24.2 Å². The number of carbonyl (C=O) groups excluding carboxylic acids is 1. The Kier molecular flexibility index (Phi) is 5.67. The zero-order valence-electron chi connectivity index (χ0n) is 12.2. The molecule has 1 aromatic carbocycles. The van der Waals surface area contributed by atoms with Crippen molar-refractivity contribution in [3.05, 3.63) is 29.8 Å². The molecule has 1 amide bonds. The fourth-order valence-corrected chi connectivity index (χ4v) is 2.28. The van der Waals surface area contributed by atoms with E-state index in [4.69, 9.17) is 22.7 Å². The van der Waals surface area contributed by atoms with Gasteiger partial charge in [0.1, 0.15) is 4.99 Å². The molecule has 0 spiro atoms. The van der Waals surface area contributed by atoms with Crippen LogP contribution in [0, 0.1) is 0 Å². The van der Waals surface area contributed by atoms with Crippen LogP contribution < -0.4 is 11.1 Å². The molecule has 114 valence electrons. The van der Waals surface area contributed by atoms with Crippen molar-refractivity contribution >= 4 is 28.8 Å². The minimum Gasteiger partial charge on any atom is -0.389 e. The number of thiocarbonyl (C=S) groups is 1. The fraction of sp³-hybridized carbons (Fsp3) is 0.467. The Labute approximate surface area is 130 Å². The summed E-state index contributed by atoms with van der Waals surface area (Å²) < 4.78 is 5.09. The number of carbonyl (C=O) groups is 1. The maximum absolute atomic E-state index is 12.1. The maximum atomic E-state index is 12.1. The molecule has 0 saturated heterocycles. The van der Waals surface area contributed by atoms with Gasteiger partial charge in [0.15, 0.2) is 0 Å². The molecule has 1 aliphatic carbocycles. The second kappa shape index (κ2) is 7.49. The number of anilines is 1. The van der Waals surface area contributed by atoms with Crippen molar-refractivity contribution in [2.24, 2.45) is 5.73 Å². The molecule has 3 N–H and O–H groups in total. The summed E-state index contributed by atoms with van der Waals surface area (Å²) in [5, 5.41) is 2.89. The number of nitrogens with two attached hydrogens (primary N) is 1. The molecule has 0 bridgehead atoms. The minimum absolute atomic E-state index is 0.0129. The van der Waals surface area contributed by atoms with Gasteiger partial charge >= 0.3 is 0 Å². The number of ether oxygens (including phenoxy) is 1. The van der Waals surface area contributed by atoms with Crippen LogP contribution in [0.5, 0.6) is 0 Å². The van der Waals surface area contributed by atoms with Gasteiger partial charge in [-0.2, -0.15) is 0 Å². The third-order valence-electron chi connectivity index (χ3n) is 3.45. The van der Waals surface area contributed by atoms with E-state index in [1.807, 2.05) is 24.3 Å². The zero-order valence-corrected chi connectivity index (χ0v) is 13.0. The first-order valence-electron chi connectivity index (χ1n) is 7.03. The summed E-state index contributed by atoms with van der Waals surface area (Å²) in [4.78, 5) is 14.6. The zero-order chi connectivity index (χ0) is 15.2. The van der Waals surface area contributed by atoms with Crippen molar-refractivity contribution in [1.82, 2.24) is 4.90 Å². The predicted molar refractivity (Wildman–Crippen MR) is 87.4 cm³/mol. The minimum atomic E-state index is -0.0129. The second-order valence-corrected chi connectivity index (χ2v) is 5.62. The van der Waals surface area contributed by atoms with Crippen LogP contribution in [0.15, 0.2) is 24.3 Å². The first kappa shape index (κ1) is 15.9. The van der Waals surface area contributed by atoms with Crippen LogP contribution in [0.25, 0.3) is 0 Å². The van der Waals surface area contributed by atoms with Crippen molar-refractivity contribution in [2.75, 3.05) is 32.1 Å². The molecule has 1 aliphatic rings. The molecule has 1 aromatic rings. The molecule has 0 atom stereocenters. The Morgan fingerprint density at radius 3 is 2.62 bits per heavy atom. The predicted octanol–water partition coefficient (Wildman–Crippen LogP) is 1.37. The van der Waals surface area contributed by atoms with Gasteiger partial charge in [-0.1, -0.05) is 12.2 Å². The van der Waals surface area contributed by atoms with Crippen molar-refractivity contribution in [2.45, 2.75) is 18.9 Å². The number of nitrogens with zero attached hydrogens (tertiary/aromatic N) is 1. The number of benzene rings is 1. The van der Waals surface area contributed by atoms with E-state index in [0.717, 1.165) is 17.8 Å². The topological polar surface area (TPSA) is 67.6 Å². The Morgan fingerprint density at radius 2 is 2.10 bits per heavy atom. The summed E-state index contributed by atoms with van der Waals surface area (Å²) >= 11 is 4.90. The highest BCUT2D eigenvalue weighted by atomic mass is 32.1. The number of hydrogen-bond acceptors (Lipinski definition) is 4. The highest BCUT2D eigenvalue weighted by Gasteiger charge is 2.29. The van der Waals surface area contributed by atoms with E-state index in [-0.39, 0.29) is 5.91 Å². The van der Waals surface area contributed by atoms with Gasteiger partial charge in [-0.15, -0.1) is 0 Å². The van der Waals surface area contributed by atoms with Crippen LogP contribution in [0.1, 0.15) is 18.4 Å². The van der Waals surface area contributed by atoms with E-state index in [1.165, 1.54) is 12.8 Å². The molecule has 6 heteroatoms. The summed E-state index contributed by atoms with van der Waals surface area (Å²) in [7, 11) is 1.68. The first-order chi connectivity index (χ1) is 10.1. The second-order valence-electron chi connectivity index (χ2n) is 5.18. The normalized spacial score (nSPS) is 14.2. The largest absolute Gasteiger partial charge is 0.389 e. The van der Waals surface area contributed by atoms with Gasteiger partial charge in [0.25, 0.3) is 0 Å². The molecular weight excluding hydrogens is 286 g/mol. The lowest BCUT2D eigenvalue weighted by molar-refractivity contribution is -0.117. The van der Waals surface area contributed by atoms with Gasteiger partial charge in [-0.3, -0.25) is 9.69 Å². The Hall–Kier alpha value is -1.50. The van der Waals surface area contributed by atoms with Gasteiger partial charge in [0.2, 0.25) is 5.91 Å². The van der Waals surface area contributed by atoms with Gasteiger partial charge in [-0.05, 0) is 37.1 Å². The van der Waals surface area contributed by atoms with Crippen molar-refractivity contribution in [3.63, 3.8) is 0 Å². The standard InChI is InChI=1S/C15H21N3O2S/c1-20-9-8-18(13-6-7-13)10-14(19)17-12-4-2-11(3-5-12)15(16)21/h2-5,13H,6-10H2,1H3,(H2,16,21)(H,17,19). The number of hydrogen-bond donors (Lipinski definition) is 2. The van der Waals surface area contributed by atoms with Gasteiger partial charge < -0.3 is 15.8 Å².